The highest BCUT2D eigenvalue weighted by atomic mass is 32.2. The minimum Gasteiger partial charge on any atom is -0.285 e. The summed E-state index contributed by atoms with van der Waals surface area (Å²) in [6.07, 6.45) is 1.12. The summed E-state index contributed by atoms with van der Waals surface area (Å²) in [5.41, 5.74) is 1.86. The van der Waals surface area contributed by atoms with Crippen LogP contribution in [-0.2, 0) is 15.9 Å². The summed E-state index contributed by atoms with van der Waals surface area (Å²) in [6.45, 7) is 8.84. The zero-order valence-electron chi connectivity index (χ0n) is 12.1. The molecule has 0 fully saturated rings. The maximum atomic E-state index is 10.8. The van der Waals surface area contributed by atoms with Gasteiger partial charge in [-0.1, -0.05) is 52.0 Å². The van der Waals surface area contributed by atoms with Gasteiger partial charge in [-0.05, 0) is 35.3 Å². The lowest BCUT2D eigenvalue weighted by Gasteiger charge is -2.23. The van der Waals surface area contributed by atoms with Gasteiger partial charge < -0.3 is 0 Å². The van der Waals surface area contributed by atoms with Crippen LogP contribution in [0, 0.1) is 11.8 Å². The molecule has 1 N–H and O–H groups in total. The second-order valence-electron chi connectivity index (χ2n) is 5.95. The van der Waals surface area contributed by atoms with Crippen molar-refractivity contribution in [3.63, 3.8) is 0 Å². The maximum absolute atomic E-state index is 10.8. The van der Waals surface area contributed by atoms with Crippen molar-refractivity contribution in [1.29, 1.82) is 0 Å². The SMILES string of the molecule is CC(C)CC(c1ccc(CS(=O)(=O)O)cc1)C(C)C. The van der Waals surface area contributed by atoms with Crippen LogP contribution in [-0.4, -0.2) is 13.0 Å². The van der Waals surface area contributed by atoms with Crippen LogP contribution in [0.15, 0.2) is 24.3 Å². The second-order valence-corrected chi connectivity index (χ2v) is 7.40. The van der Waals surface area contributed by atoms with E-state index in [1.165, 1.54) is 5.56 Å². The minimum absolute atomic E-state index is 0.316. The van der Waals surface area contributed by atoms with Crippen molar-refractivity contribution in [2.24, 2.45) is 11.8 Å². The van der Waals surface area contributed by atoms with E-state index in [9.17, 15) is 8.42 Å². The smallest absolute Gasteiger partial charge is 0.269 e. The fourth-order valence-corrected chi connectivity index (χ4v) is 2.99. The van der Waals surface area contributed by atoms with E-state index >= 15 is 0 Å². The molecule has 1 rings (SSSR count). The van der Waals surface area contributed by atoms with Crippen molar-refractivity contribution in [3.8, 4) is 0 Å². The molecular formula is C15H24O3S. The first kappa shape index (κ1) is 16.2. The Balaban J connectivity index is 2.89. The predicted octanol–water partition coefficient (Wildman–Crippen LogP) is 3.86. The first-order valence-corrected chi connectivity index (χ1v) is 8.34. The molecule has 0 aromatic heterocycles. The summed E-state index contributed by atoms with van der Waals surface area (Å²) in [5, 5.41) is 0. The lowest BCUT2D eigenvalue weighted by Crippen LogP contribution is -2.10. The van der Waals surface area contributed by atoms with Gasteiger partial charge in [0, 0.05) is 0 Å². The highest BCUT2D eigenvalue weighted by Gasteiger charge is 2.17. The van der Waals surface area contributed by atoms with Crippen molar-refractivity contribution in [3.05, 3.63) is 35.4 Å². The molecule has 0 spiro atoms. The molecule has 3 nitrogen and oxygen atoms in total. The van der Waals surface area contributed by atoms with Gasteiger partial charge in [0.05, 0.1) is 0 Å². The average molecular weight is 284 g/mol. The molecule has 0 aliphatic heterocycles. The number of hydrogen-bond donors (Lipinski definition) is 1. The Morgan fingerprint density at radius 3 is 1.95 bits per heavy atom. The summed E-state index contributed by atoms with van der Waals surface area (Å²) in [7, 11) is -3.95. The normalized spacial score (nSPS) is 14.1. The Kier molecular flexibility index (Phi) is 5.56. The first-order chi connectivity index (χ1) is 8.69. The molecule has 0 aliphatic carbocycles. The van der Waals surface area contributed by atoms with Crippen LogP contribution in [0.25, 0.3) is 0 Å². The third-order valence-corrected chi connectivity index (χ3v) is 3.99. The van der Waals surface area contributed by atoms with E-state index in [-0.39, 0.29) is 5.75 Å². The Morgan fingerprint density at radius 2 is 1.58 bits per heavy atom. The molecule has 0 amide bonds. The summed E-state index contributed by atoms with van der Waals surface area (Å²) in [5.74, 6) is 1.35. The van der Waals surface area contributed by atoms with Crippen LogP contribution in [0.1, 0.15) is 51.2 Å². The van der Waals surface area contributed by atoms with Crippen LogP contribution in [0.3, 0.4) is 0 Å². The zero-order chi connectivity index (χ0) is 14.6. The van der Waals surface area contributed by atoms with Crippen molar-refractivity contribution in [1.82, 2.24) is 0 Å². The largest absolute Gasteiger partial charge is 0.285 e. The Bertz CT molecular complexity index is 487. The fraction of sp³-hybridized carbons (Fsp3) is 0.600. The van der Waals surface area contributed by atoms with Gasteiger partial charge in [0.15, 0.2) is 0 Å². The van der Waals surface area contributed by atoms with Crippen LogP contribution in [0.5, 0.6) is 0 Å². The van der Waals surface area contributed by atoms with Crippen LogP contribution in [0.4, 0.5) is 0 Å². The van der Waals surface area contributed by atoms with E-state index in [0.29, 0.717) is 23.3 Å². The molecule has 1 unspecified atom stereocenters. The van der Waals surface area contributed by atoms with Crippen LogP contribution in [0.2, 0.25) is 0 Å². The standard InChI is InChI=1S/C15H24O3S/c1-11(2)9-15(12(3)4)14-7-5-13(6-8-14)10-19(16,17)18/h5-8,11-12,15H,9-10H2,1-4H3,(H,16,17,18). The Morgan fingerprint density at radius 1 is 1.05 bits per heavy atom. The zero-order valence-corrected chi connectivity index (χ0v) is 12.9. The molecule has 1 atom stereocenters. The van der Waals surface area contributed by atoms with Gasteiger partial charge in [0.2, 0.25) is 0 Å². The number of rotatable bonds is 6. The minimum atomic E-state index is -3.95. The van der Waals surface area contributed by atoms with Gasteiger partial charge in [-0.3, -0.25) is 4.55 Å². The summed E-state index contributed by atoms with van der Waals surface area (Å²) in [6, 6.07) is 7.54. The van der Waals surface area contributed by atoms with E-state index < -0.39 is 10.1 Å². The van der Waals surface area contributed by atoms with Crippen molar-refractivity contribution >= 4 is 10.1 Å². The molecule has 0 aliphatic rings. The van der Waals surface area contributed by atoms with Crippen molar-refractivity contribution in [2.75, 3.05) is 0 Å². The number of benzene rings is 1. The Hall–Kier alpha value is -0.870. The molecular weight excluding hydrogens is 260 g/mol. The highest BCUT2D eigenvalue weighted by Crippen LogP contribution is 2.31. The van der Waals surface area contributed by atoms with Gasteiger partial charge in [-0.15, -0.1) is 0 Å². The first-order valence-electron chi connectivity index (χ1n) is 6.73. The molecule has 0 bridgehead atoms. The molecule has 108 valence electrons. The van der Waals surface area contributed by atoms with Gasteiger partial charge in [-0.2, -0.15) is 8.42 Å². The van der Waals surface area contributed by atoms with Gasteiger partial charge >= 0.3 is 0 Å². The molecule has 1 aromatic rings. The quantitative estimate of drug-likeness (QED) is 0.807. The van der Waals surface area contributed by atoms with Crippen molar-refractivity contribution in [2.45, 2.75) is 45.8 Å². The highest BCUT2D eigenvalue weighted by molar-refractivity contribution is 7.85. The molecule has 0 radical (unpaired) electrons. The third-order valence-electron chi connectivity index (χ3n) is 3.29. The molecule has 19 heavy (non-hydrogen) atoms. The van der Waals surface area contributed by atoms with Gasteiger partial charge in [-0.25, -0.2) is 0 Å². The molecule has 0 heterocycles. The lowest BCUT2D eigenvalue weighted by molar-refractivity contribution is 0.408. The third kappa shape index (κ3) is 5.74. The topological polar surface area (TPSA) is 54.4 Å². The molecule has 0 saturated heterocycles. The van der Waals surface area contributed by atoms with Crippen LogP contribution >= 0.6 is 0 Å². The van der Waals surface area contributed by atoms with E-state index in [4.69, 9.17) is 4.55 Å². The van der Waals surface area contributed by atoms with E-state index in [0.717, 1.165) is 6.42 Å². The molecule has 1 aromatic carbocycles. The van der Waals surface area contributed by atoms with Gasteiger partial charge in [0.25, 0.3) is 10.1 Å². The fourth-order valence-electron chi connectivity index (χ4n) is 2.37. The molecule has 0 saturated carbocycles. The van der Waals surface area contributed by atoms with E-state index in [1.807, 2.05) is 12.1 Å². The summed E-state index contributed by atoms with van der Waals surface area (Å²) < 4.78 is 30.5. The number of hydrogen-bond acceptors (Lipinski definition) is 2. The van der Waals surface area contributed by atoms with E-state index in [1.54, 1.807) is 12.1 Å². The summed E-state index contributed by atoms with van der Waals surface area (Å²) >= 11 is 0. The van der Waals surface area contributed by atoms with Gasteiger partial charge in [0.1, 0.15) is 5.75 Å². The summed E-state index contributed by atoms with van der Waals surface area (Å²) in [4.78, 5) is 0. The van der Waals surface area contributed by atoms with Crippen LogP contribution < -0.4 is 0 Å². The van der Waals surface area contributed by atoms with Crippen molar-refractivity contribution < 1.29 is 13.0 Å². The Labute approximate surface area is 116 Å². The predicted molar refractivity (Wildman–Crippen MR) is 78.7 cm³/mol. The van der Waals surface area contributed by atoms with E-state index in [2.05, 4.69) is 27.7 Å². The maximum Gasteiger partial charge on any atom is 0.269 e. The lowest BCUT2D eigenvalue weighted by atomic mass is 9.82. The monoisotopic (exact) mass is 284 g/mol. The molecule has 4 heteroatoms. The average Bonchev–Trinajstić information content (AvgIpc) is 2.24. The second kappa shape index (κ2) is 6.53.